The molecular formula is C7H9O2S-. The molecule has 0 amide bonds. The van der Waals surface area contributed by atoms with Gasteiger partial charge in [-0.05, 0) is 24.4 Å². The maximum atomic E-state index is 10.4. The van der Waals surface area contributed by atoms with Crippen LogP contribution in [0.25, 0.3) is 0 Å². The summed E-state index contributed by atoms with van der Waals surface area (Å²) >= 11 is -1.95. The molecule has 2 atom stereocenters. The van der Waals surface area contributed by atoms with Crippen LogP contribution in [-0.2, 0) is 11.1 Å². The SMILES string of the molecule is CC1=CCC(S(=O)[O-])C=C1. The van der Waals surface area contributed by atoms with Crippen molar-refractivity contribution < 1.29 is 8.76 Å². The van der Waals surface area contributed by atoms with Crippen molar-refractivity contribution in [2.75, 3.05) is 0 Å². The Labute approximate surface area is 62.9 Å². The van der Waals surface area contributed by atoms with E-state index in [0.29, 0.717) is 6.42 Å². The molecule has 0 fully saturated rings. The molecule has 56 valence electrons. The highest BCUT2D eigenvalue weighted by atomic mass is 32.2. The molecule has 2 nitrogen and oxygen atoms in total. The van der Waals surface area contributed by atoms with Crippen LogP contribution in [0, 0.1) is 0 Å². The van der Waals surface area contributed by atoms with Crippen molar-refractivity contribution in [1.29, 1.82) is 0 Å². The Morgan fingerprint density at radius 1 is 1.80 bits per heavy atom. The summed E-state index contributed by atoms with van der Waals surface area (Å²) in [4.78, 5) is 0. The lowest BCUT2D eigenvalue weighted by molar-refractivity contribution is 0.529. The summed E-state index contributed by atoms with van der Waals surface area (Å²) in [5.41, 5.74) is 1.14. The van der Waals surface area contributed by atoms with Gasteiger partial charge >= 0.3 is 0 Å². The van der Waals surface area contributed by atoms with Crippen LogP contribution in [0.4, 0.5) is 0 Å². The average Bonchev–Trinajstić information content (AvgIpc) is 1.88. The molecular weight excluding hydrogens is 148 g/mol. The van der Waals surface area contributed by atoms with E-state index in [-0.39, 0.29) is 5.25 Å². The van der Waals surface area contributed by atoms with Crippen LogP contribution in [0.5, 0.6) is 0 Å². The normalized spacial score (nSPS) is 27.8. The fraction of sp³-hybridized carbons (Fsp3) is 0.429. The summed E-state index contributed by atoms with van der Waals surface area (Å²) in [6, 6.07) is 0. The minimum Gasteiger partial charge on any atom is -0.772 e. The number of hydrogen-bond donors (Lipinski definition) is 0. The number of rotatable bonds is 1. The summed E-state index contributed by atoms with van der Waals surface area (Å²) in [5, 5.41) is -0.302. The maximum absolute atomic E-state index is 10.4. The Balaban J connectivity index is 2.60. The van der Waals surface area contributed by atoms with Crippen LogP contribution in [-0.4, -0.2) is 14.0 Å². The lowest BCUT2D eigenvalue weighted by Gasteiger charge is -2.16. The fourth-order valence-corrected chi connectivity index (χ4v) is 1.31. The zero-order valence-corrected chi connectivity index (χ0v) is 6.56. The fourth-order valence-electron chi connectivity index (χ4n) is 0.850. The summed E-state index contributed by atoms with van der Waals surface area (Å²) < 4.78 is 20.8. The highest BCUT2D eigenvalue weighted by Gasteiger charge is 2.05. The Bertz CT molecular complexity index is 206. The highest BCUT2D eigenvalue weighted by Crippen LogP contribution is 2.12. The minimum atomic E-state index is -1.95. The Morgan fingerprint density at radius 2 is 2.50 bits per heavy atom. The average molecular weight is 157 g/mol. The van der Waals surface area contributed by atoms with Gasteiger partial charge in [0.1, 0.15) is 0 Å². The van der Waals surface area contributed by atoms with Gasteiger partial charge in [-0.1, -0.05) is 23.8 Å². The van der Waals surface area contributed by atoms with Gasteiger partial charge in [0.05, 0.1) is 0 Å². The van der Waals surface area contributed by atoms with E-state index in [4.69, 9.17) is 0 Å². The lowest BCUT2D eigenvalue weighted by Crippen LogP contribution is -2.12. The first kappa shape index (κ1) is 7.69. The third-order valence-electron chi connectivity index (χ3n) is 1.49. The molecule has 0 aromatic rings. The van der Waals surface area contributed by atoms with E-state index in [1.165, 1.54) is 0 Å². The number of allylic oxidation sites excluding steroid dienone is 3. The van der Waals surface area contributed by atoms with Crippen molar-refractivity contribution in [3.05, 3.63) is 23.8 Å². The minimum absolute atomic E-state index is 0.302. The summed E-state index contributed by atoms with van der Waals surface area (Å²) in [5.74, 6) is 0. The van der Waals surface area contributed by atoms with Crippen LogP contribution in [0.3, 0.4) is 0 Å². The quantitative estimate of drug-likeness (QED) is 0.535. The second-order valence-electron chi connectivity index (χ2n) is 2.34. The molecule has 1 aliphatic rings. The third kappa shape index (κ3) is 1.78. The third-order valence-corrected chi connectivity index (χ3v) is 2.34. The molecule has 0 aromatic heterocycles. The molecule has 2 unspecified atom stereocenters. The van der Waals surface area contributed by atoms with Crippen LogP contribution >= 0.6 is 0 Å². The maximum Gasteiger partial charge on any atom is 0.0433 e. The standard InChI is InChI=1S/C7H10O2S/c1-6-2-4-7(5-3-6)10(8)9/h2-4,7H,5H2,1H3,(H,8,9)/p-1. The molecule has 0 aromatic carbocycles. The first-order valence-electron chi connectivity index (χ1n) is 3.13. The molecule has 0 radical (unpaired) electrons. The van der Waals surface area contributed by atoms with Gasteiger partial charge in [-0.25, -0.2) is 0 Å². The van der Waals surface area contributed by atoms with Crippen LogP contribution < -0.4 is 0 Å². The van der Waals surface area contributed by atoms with Gasteiger partial charge in [-0.15, -0.1) is 0 Å². The summed E-state index contributed by atoms with van der Waals surface area (Å²) in [6.45, 7) is 1.96. The second-order valence-corrected chi connectivity index (χ2v) is 3.47. The lowest BCUT2D eigenvalue weighted by atomic mass is 10.1. The largest absolute Gasteiger partial charge is 0.772 e. The molecule has 0 heterocycles. The van der Waals surface area contributed by atoms with Crippen LogP contribution in [0.15, 0.2) is 23.8 Å². The van der Waals surface area contributed by atoms with Crippen LogP contribution in [0.2, 0.25) is 0 Å². The van der Waals surface area contributed by atoms with E-state index >= 15 is 0 Å². The molecule has 1 aliphatic carbocycles. The van der Waals surface area contributed by atoms with Crippen molar-refractivity contribution in [3.63, 3.8) is 0 Å². The Kier molecular flexibility index (Phi) is 2.40. The summed E-state index contributed by atoms with van der Waals surface area (Å²) in [7, 11) is 0. The molecule has 3 heteroatoms. The molecule has 0 saturated carbocycles. The first-order chi connectivity index (χ1) is 4.70. The predicted molar refractivity (Wildman–Crippen MR) is 40.2 cm³/mol. The second kappa shape index (κ2) is 3.12. The van der Waals surface area contributed by atoms with Gasteiger partial charge in [-0.2, -0.15) is 0 Å². The molecule has 1 rings (SSSR count). The van der Waals surface area contributed by atoms with Gasteiger partial charge in [0.2, 0.25) is 0 Å². The molecule has 0 bridgehead atoms. The zero-order valence-electron chi connectivity index (χ0n) is 5.74. The molecule has 0 saturated heterocycles. The van der Waals surface area contributed by atoms with Crippen molar-refractivity contribution in [2.24, 2.45) is 0 Å². The van der Waals surface area contributed by atoms with Gasteiger partial charge in [0.25, 0.3) is 0 Å². The molecule has 0 N–H and O–H groups in total. The van der Waals surface area contributed by atoms with Gasteiger partial charge < -0.3 is 4.55 Å². The van der Waals surface area contributed by atoms with E-state index in [1.54, 1.807) is 6.08 Å². The van der Waals surface area contributed by atoms with Gasteiger partial charge in [-0.3, -0.25) is 4.21 Å². The Morgan fingerprint density at radius 3 is 2.90 bits per heavy atom. The zero-order chi connectivity index (χ0) is 7.56. The van der Waals surface area contributed by atoms with Crippen LogP contribution in [0.1, 0.15) is 13.3 Å². The molecule has 10 heavy (non-hydrogen) atoms. The smallest absolute Gasteiger partial charge is 0.0433 e. The van der Waals surface area contributed by atoms with Gasteiger partial charge in [0.15, 0.2) is 0 Å². The Hall–Kier alpha value is -0.410. The van der Waals surface area contributed by atoms with E-state index in [1.807, 2.05) is 19.1 Å². The topological polar surface area (TPSA) is 40.1 Å². The monoisotopic (exact) mass is 157 g/mol. The van der Waals surface area contributed by atoms with E-state index in [2.05, 4.69) is 0 Å². The van der Waals surface area contributed by atoms with Crippen molar-refractivity contribution in [3.8, 4) is 0 Å². The van der Waals surface area contributed by atoms with Crippen molar-refractivity contribution in [1.82, 2.24) is 0 Å². The molecule has 0 aliphatic heterocycles. The molecule has 0 spiro atoms. The van der Waals surface area contributed by atoms with E-state index < -0.39 is 11.1 Å². The summed E-state index contributed by atoms with van der Waals surface area (Å²) in [6.07, 6.45) is 6.11. The predicted octanol–water partition coefficient (Wildman–Crippen LogP) is 1.14. The highest BCUT2D eigenvalue weighted by molar-refractivity contribution is 7.80. The van der Waals surface area contributed by atoms with Crippen molar-refractivity contribution >= 4 is 11.1 Å². The number of hydrogen-bond acceptors (Lipinski definition) is 2. The van der Waals surface area contributed by atoms with E-state index in [9.17, 15) is 8.76 Å². The van der Waals surface area contributed by atoms with Crippen molar-refractivity contribution in [2.45, 2.75) is 18.6 Å². The van der Waals surface area contributed by atoms with Gasteiger partial charge in [0, 0.05) is 5.25 Å². The van der Waals surface area contributed by atoms with E-state index in [0.717, 1.165) is 5.57 Å². The first-order valence-corrected chi connectivity index (χ1v) is 4.27.